The summed E-state index contributed by atoms with van der Waals surface area (Å²) in [7, 11) is 0. The van der Waals surface area contributed by atoms with Crippen molar-refractivity contribution in [3.63, 3.8) is 0 Å². The Balaban J connectivity index is 3.04. The minimum atomic E-state index is -0.835. The van der Waals surface area contributed by atoms with Crippen LogP contribution in [0.5, 0.6) is 0 Å². The van der Waals surface area contributed by atoms with Gasteiger partial charge >= 0.3 is 0 Å². The Labute approximate surface area is 156 Å². The van der Waals surface area contributed by atoms with E-state index >= 15 is 0 Å². The summed E-state index contributed by atoms with van der Waals surface area (Å²) in [6, 6.07) is 4.32. The highest BCUT2D eigenvalue weighted by atomic mass is 16.3. The van der Waals surface area contributed by atoms with Gasteiger partial charge < -0.3 is 21.1 Å². The molecule has 0 aromatic heterocycles. The third-order valence-corrected chi connectivity index (χ3v) is 3.08. The van der Waals surface area contributed by atoms with Crippen LogP contribution in [0.15, 0.2) is 18.2 Å². The van der Waals surface area contributed by atoms with Crippen LogP contribution in [0.25, 0.3) is 0 Å². The van der Waals surface area contributed by atoms with Gasteiger partial charge in [0.2, 0.25) is 17.7 Å². The standard InChI is InChI=1S/C18H23N3O6/c1-10(22)4-16(25)19-13-7-14(20-17(26)5-11(2)23)9-15(8-13)21-18(27)6-12(3)24/h7-10,22H,4-6H2,1-3H3,(H,19,25)(H,20,26)(H,21,27). The Morgan fingerprint density at radius 1 is 0.778 bits per heavy atom. The molecule has 1 aromatic carbocycles. The molecule has 0 radical (unpaired) electrons. The fraction of sp³-hybridized carbons (Fsp3) is 0.389. The number of anilines is 3. The zero-order valence-electron chi connectivity index (χ0n) is 15.4. The molecule has 0 aliphatic carbocycles. The maximum absolute atomic E-state index is 11.8. The number of nitrogens with one attached hydrogen (secondary N) is 3. The first-order chi connectivity index (χ1) is 12.5. The van der Waals surface area contributed by atoms with Crippen LogP contribution in [0.4, 0.5) is 17.1 Å². The molecule has 4 N–H and O–H groups in total. The SMILES string of the molecule is CC(=O)CC(=O)Nc1cc(NC(=O)CC(C)=O)cc(NC(=O)CC(C)O)c1. The summed E-state index contributed by atoms with van der Waals surface area (Å²) < 4.78 is 0. The van der Waals surface area contributed by atoms with Crippen molar-refractivity contribution in [2.24, 2.45) is 0 Å². The summed E-state index contributed by atoms with van der Waals surface area (Å²) >= 11 is 0. The van der Waals surface area contributed by atoms with Gasteiger partial charge in [0, 0.05) is 17.1 Å². The van der Waals surface area contributed by atoms with E-state index in [2.05, 4.69) is 16.0 Å². The van der Waals surface area contributed by atoms with Crippen LogP contribution in [0.3, 0.4) is 0 Å². The maximum atomic E-state index is 11.8. The molecule has 0 saturated heterocycles. The Hall–Kier alpha value is -3.07. The van der Waals surface area contributed by atoms with Crippen LogP contribution in [0.2, 0.25) is 0 Å². The van der Waals surface area contributed by atoms with E-state index in [1.165, 1.54) is 39.0 Å². The number of carbonyl (C=O) groups is 5. The lowest BCUT2D eigenvalue weighted by Crippen LogP contribution is -2.19. The van der Waals surface area contributed by atoms with E-state index < -0.39 is 23.8 Å². The van der Waals surface area contributed by atoms with Gasteiger partial charge in [-0.05, 0) is 39.0 Å². The first kappa shape index (κ1) is 22.0. The smallest absolute Gasteiger partial charge is 0.231 e. The van der Waals surface area contributed by atoms with E-state index in [1.807, 2.05) is 0 Å². The molecule has 0 bridgehead atoms. The molecule has 0 heterocycles. The molecular formula is C18H23N3O6. The lowest BCUT2D eigenvalue weighted by Gasteiger charge is -2.13. The van der Waals surface area contributed by atoms with Gasteiger partial charge in [0.1, 0.15) is 11.6 Å². The van der Waals surface area contributed by atoms with Crippen molar-refractivity contribution in [2.75, 3.05) is 16.0 Å². The monoisotopic (exact) mass is 377 g/mol. The number of hydrogen-bond acceptors (Lipinski definition) is 6. The van der Waals surface area contributed by atoms with Crippen molar-refractivity contribution in [1.82, 2.24) is 0 Å². The predicted molar refractivity (Wildman–Crippen MR) is 99.2 cm³/mol. The summed E-state index contributed by atoms with van der Waals surface area (Å²) in [6.45, 7) is 4.02. The molecule has 1 aromatic rings. The van der Waals surface area contributed by atoms with Crippen molar-refractivity contribution in [2.45, 2.75) is 46.1 Å². The summed E-state index contributed by atoms with van der Waals surface area (Å²) in [6.07, 6.45) is -1.60. The molecule has 1 rings (SSSR count). The number of rotatable bonds is 9. The molecule has 9 heteroatoms. The van der Waals surface area contributed by atoms with E-state index in [1.54, 1.807) is 0 Å². The van der Waals surface area contributed by atoms with Crippen LogP contribution in [0, 0.1) is 0 Å². The van der Waals surface area contributed by atoms with Gasteiger partial charge in [-0.2, -0.15) is 0 Å². The zero-order chi connectivity index (χ0) is 20.6. The lowest BCUT2D eigenvalue weighted by molar-refractivity contribution is -0.125. The largest absolute Gasteiger partial charge is 0.393 e. The second-order valence-electron chi connectivity index (χ2n) is 6.25. The molecule has 27 heavy (non-hydrogen) atoms. The lowest BCUT2D eigenvalue weighted by atomic mass is 10.2. The van der Waals surface area contributed by atoms with E-state index in [4.69, 9.17) is 0 Å². The number of aliphatic hydroxyl groups is 1. The van der Waals surface area contributed by atoms with Gasteiger partial charge in [0.25, 0.3) is 0 Å². The summed E-state index contributed by atoms with van der Waals surface area (Å²) in [4.78, 5) is 57.5. The minimum absolute atomic E-state index is 0.132. The van der Waals surface area contributed by atoms with Crippen molar-refractivity contribution >= 4 is 46.4 Å². The first-order valence-corrected chi connectivity index (χ1v) is 8.26. The summed E-state index contributed by atoms with van der Waals surface area (Å²) in [5, 5.41) is 16.8. The van der Waals surface area contributed by atoms with Gasteiger partial charge in [0.15, 0.2) is 0 Å². The van der Waals surface area contributed by atoms with E-state index in [0.29, 0.717) is 0 Å². The van der Waals surface area contributed by atoms with Gasteiger partial charge in [-0.1, -0.05) is 0 Å². The molecule has 0 aliphatic heterocycles. The van der Waals surface area contributed by atoms with Crippen LogP contribution in [0.1, 0.15) is 40.0 Å². The molecule has 9 nitrogen and oxygen atoms in total. The number of Topliss-reactive ketones (excluding diaryl/α,β-unsaturated/α-hetero) is 2. The minimum Gasteiger partial charge on any atom is -0.393 e. The fourth-order valence-corrected chi connectivity index (χ4v) is 2.19. The molecule has 0 saturated carbocycles. The fourth-order valence-electron chi connectivity index (χ4n) is 2.19. The maximum Gasteiger partial charge on any atom is 0.231 e. The Kier molecular flexibility index (Phi) is 8.28. The zero-order valence-corrected chi connectivity index (χ0v) is 15.4. The second kappa shape index (κ2) is 10.2. The van der Waals surface area contributed by atoms with E-state index in [0.717, 1.165) is 0 Å². The van der Waals surface area contributed by atoms with E-state index in [-0.39, 0.29) is 47.9 Å². The van der Waals surface area contributed by atoms with Gasteiger partial charge in [0.05, 0.1) is 25.4 Å². The quantitative estimate of drug-likeness (QED) is 0.477. The number of amides is 3. The highest BCUT2D eigenvalue weighted by Gasteiger charge is 2.12. The summed E-state index contributed by atoms with van der Waals surface area (Å²) in [5.74, 6) is -2.18. The predicted octanol–water partition coefficient (Wildman–Crippen LogP) is 1.23. The highest BCUT2D eigenvalue weighted by molar-refractivity contribution is 6.06. The van der Waals surface area contributed by atoms with Gasteiger partial charge in [-0.15, -0.1) is 0 Å². The Bertz CT molecular complexity index is 709. The van der Waals surface area contributed by atoms with E-state index in [9.17, 15) is 29.1 Å². The molecule has 0 aliphatic rings. The number of benzene rings is 1. The molecule has 3 amide bonds. The van der Waals surface area contributed by atoms with Crippen molar-refractivity contribution < 1.29 is 29.1 Å². The number of aliphatic hydroxyl groups excluding tert-OH is 1. The normalized spacial score (nSPS) is 11.3. The third-order valence-electron chi connectivity index (χ3n) is 3.08. The molecular weight excluding hydrogens is 354 g/mol. The van der Waals surface area contributed by atoms with Crippen LogP contribution in [-0.2, 0) is 24.0 Å². The summed E-state index contributed by atoms with van der Waals surface area (Å²) in [5.41, 5.74) is 0.753. The van der Waals surface area contributed by atoms with Crippen molar-refractivity contribution in [3.05, 3.63) is 18.2 Å². The van der Waals surface area contributed by atoms with Gasteiger partial charge in [-0.25, -0.2) is 0 Å². The van der Waals surface area contributed by atoms with Crippen molar-refractivity contribution in [1.29, 1.82) is 0 Å². The molecule has 0 spiro atoms. The first-order valence-electron chi connectivity index (χ1n) is 8.26. The average Bonchev–Trinajstić information content (AvgIpc) is 2.43. The third kappa shape index (κ3) is 9.26. The topological polar surface area (TPSA) is 142 Å². The van der Waals surface area contributed by atoms with Crippen LogP contribution < -0.4 is 16.0 Å². The Morgan fingerprint density at radius 3 is 1.41 bits per heavy atom. The highest BCUT2D eigenvalue weighted by Crippen LogP contribution is 2.23. The van der Waals surface area contributed by atoms with Crippen molar-refractivity contribution in [3.8, 4) is 0 Å². The van der Waals surface area contributed by atoms with Gasteiger partial charge in [-0.3, -0.25) is 24.0 Å². The number of carbonyl (C=O) groups excluding carboxylic acids is 5. The molecule has 1 unspecified atom stereocenters. The molecule has 146 valence electrons. The van der Waals surface area contributed by atoms with Crippen LogP contribution >= 0.6 is 0 Å². The second-order valence-corrected chi connectivity index (χ2v) is 6.25. The number of hydrogen-bond donors (Lipinski definition) is 4. The Morgan fingerprint density at radius 2 is 1.11 bits per heavy atom. The number of ketones is 2. The van der Waals surface area contributed by atoms with Crippen LogP contribution in [-0.4, -0.2) is 40.5 Å². The molecule has 0 fully saturated rings. The average molecular weight is 377 g/mol. The molecule has 1 atom stereocenters.